The molecule has 0 saturated carbocycles. The summed E-state index contributed by atoms with van der Waals surface area (Å²) in [6.07, 6.45) is 1.66. The van der Waals surface area contributed by atoms with Gasteiger partial charge in [0, 0.05) is 18.6 Å². The van der Waals surface area contributed by atoms with Crippen LogP contribution in [0.1, 0.15) is 5.69 Å². The third-order valence-corrected chi connectivity index (χ3v) is 5.18. The second kappa shape index (κ2) is 5.01. The van der Waals surface area contributed by atoms with Gasteiger partial charge in [-0.25, -0.2) is 9.97 Å². The predicted octanol–water partition coefficient (Wildman–Crippen LogP) is 1.94. The zero-order valence-electron chi connectivity index (χ0n) is 11.4. The standard InChI is InChI=1S/C12H13N5O2S2/c1-8-7-20-12(14-8)16-21(18,19)11-10(13-2)15-9-5-3-4-6-17(9)11/h3-7,13H,1-2H3,(H,14,16). The van der Waals surface area contributed by atoms with Crippen LogP contribution in [0, 0.1) is 6.92 Å². The number of fused-ring (bicyclic) bond motifs is 1. The van der Waals surface area contributed by atoms with Crippen molar-refractivity contribution in [3.8, 4) is 0 Å². The molecule has 0 aromatic carbocycles. The van der Waals surface area contributed by atoms with Crippen LogP contribution in [-0.4, -0.2) is 29.8 Å². The van der Waals surface area contributed by atoms with Crippen LogP contribution in [0.2, 0.25) is 0 Å². The van der Waals surface area contributed by atoms with Crippen molar-refractivity contribution in [1.82, 2.24) is 14.4 Å². The molecule has 110 valence electrons. The van der Waals surface area contributed by atoms with Gasteiger partial charge in [0.1, 0.15) is 5.65 Å². The number of nitrogens with zero attached hydrogens (tertiary/aromatic N) is 3. The average molecular weight is 323 g/mol. The van der Waals surface area contributed by atoms with E-state index < -0.39 is 10.0 Å². The molecule has 0 atom stereocenters. The van der Waals surface area contributed by atoms with Crippen LogP contribution in [0.15, 0.2) is 34.8 Å². The third-order valence-electron chi connectivity index (χ3n) is 2.82. The van der Waals surface area contributed by atoms with Crippen molar-refractivity contribution < 1.29 is 8.42 Å². The van der Waals surface area contributed by atoms with Gasteiger partial charge in [-0.2, -0.15) is 8.42 Å². The third kappa shape index (κ3) is 2.45. The molecule has 3 rings (SSSR count). The van der Waals surface area contributed by atoms with Crippen LogP contribution >= 0.6 is 11.3 Å². The molecule has 0 aliphatic carbocycles. The molecular weight excluding hydrogens is 310 g/mol. The molecule has 0 bridgehead atoms. The second-order valence-corrected chi connectivity index (χ2v) is 6.80. The highest BCUT2D eigenvalue weighted by Crippen LogP contribution is 2.25. The number of nitrogens with one attached hydrogen (secondary N) is 2. The fraction of sp³-hybridized carbons (Fsp3) is 0.167. The summed E-state index contributed by atoms with van der Waals surface area (Å²) in [5.41, 5.74) is 1.32. The zero-order chi connectivity index (χ0) is 15.0. The number of hydrogen-bond acceptors (Lipinski definition) is 6. The second-order valence-electron chi connectivity index (χ2n) is 4.34. The Morgan fingerprint density at radius 1 is 1.29 bits per heavy atom. The molecule has 21 heavy (non-hydrogen) atoms. The van der Waals surface area contributed by atoms with Gasteiger partial charge >= 0.3 is 0 Å². The summed E-state index contributed by atoms with van der Waals surface area (Å²) in [4.78, 5) is 8.38. The Balaban J connectivity index is 2.13. The highest BCUT2D eigenvalue weighted by atomic mass is 32.2. The fourth-order valence-electron chi connectivity index (χ4n) is 1.96. The molecule has 0 saturated heterocycles. The van der Waals surface area contributed by atoms with Crippen LogP contribution in [0.3, 0.4) is 0 Å². The lowest BCUT2D eigenvalue weighted by molar-refractivity contribution is 0.597. The summed E-state index contributed by atoms with van der Waals surface area (Å²) in [6.45, 7) is 1.81. The van der Waals surface area contributed by atoms with Crippen LogP contribution in [-0.2, 0) is 10.0 Å². The summed E-state index contributed by atoms with van der Waals surface area (Å²) < 4.78 is 29.3. The number of hydrogen-bond donors (Lipinski definition) is 2. The highest BCUT2D eigenvalue weighted by Gasteiger charge is 2.25. The Bertz CT molecular complexity index is 897. The molecule has 0 radical (unpaired) electrons. The minimum absolute atomic E-state index is 0.0634. The lowest BCUT2D eigenvalue weighted by Gasteiger charge is -2.06. The minimum Gasteiger partial charge on any atom is -0.371 e. The van der Waals surface area contributed by atoms with E-state index in [1.165, 1.54) is 15.7 Å². The van der Waals surface area contributed by atoms with Gasteiger partial charge in [-0.05, 0) is 19.1 Å². The summed E-state index contributed by atoms with van der Waals surface area (Å²) in [5, 5.41) is 4.99. The van der Waals surface area contributed by atoms with Crippen molar-refractivity contribution in [3.05, 3.63) is 35.5 Å². The molecule has 0 amide bonds. The van der Waals surface area contributed by atoms with E-state index in [-0.39, 0.29) is 5.03 Å². The molecule has 0 unspecified atom stereocenters. The molecule has 3 aromatic heterocycles. The van der Waals surface area contributed by atoms with E-state index in [0.717, 1.165) is 5.69 Å². The molecule has 0 aliphatic heterocycles. The molecule has 3 aromatic rings. The maximum Gasteiger partial charge on any atom is 0.283 e. The molecule has 3 heterocycles. The summed E-state index contributed by atoms with van der Waals surface area (Å²) in [6, 6.07) is 5.30. The number of aryl methyl sites for hydroxylation is 1. The van der Waals surface area contributed by atoms with E-state index in [4.69, 9.17) is 0 Å². The van der Waals surface area contributed by atoms with E-state index in [9.17, 15) is 8.42 Å². The lowest BCUT2D eigenvalue weighted by Crippen LogP contribution is -2.16. The SMILES string of the molecule is CNc1nc2ccccn2c1S(=O)(=O)Nc1nc(C)cs1. The van der Waals surface area contributed by atoms with Gasteiger partial charge in [0.25, 0.3) is 10.0 Å². The Morgan fingerprint density at radius 3 is 2.76 bits per heavy atom. The molecule has 9 heteroatoms. The number of thiazole rings is 1. The van der Waals surface area contributed by atoms with Crippen LogP contribution in [0.4, 0.5) is 10.9 Å². The molecule has 0 aliphatic rings. The Hall–Kier alpha value is -2.13. The number of rotatable bonds is 4. The normalized spacial score (nSPS) is 11.7. The van der Waals surface area contributed by atoms with Gasteiger partial charge in [-0.3, -0.25) is 9.12 Å². The number of pyridine rings is 1. The Morgan fingerprint density at radius 2 is 2.10 bits per heavy atom. The first-order valence-electron chi connectivity index (χ1n) is 6.11. The monoisotopic (exact) mass is 323 g/mol. The van der Waals surface area contributed by atoms with Crippen LogP contribution in [0.5, 0.6) is 0 Å². The number of imidazole rings is 1. The molecule has 7 nitrogen and oxygen atoms in total. The van der Waals surface area contributed by atoms with Gasteiger partial charge in [-0.15, -0.1) is 11.3 Å². The van der Waals surface area contributed by atoms with Crippen molar-refractivity contribution in [3.63, 3.8) is 0 Å². The first-order chi connectivity index (χ1) is 10.0. The Kier molecular flexibility index (Phi) is 3.30. The first-order valence-corrected chi connectivity index (χ1v) is 8.47. The van der Waals surface area contributed by atoms with E-state index in [1.807, 2.05) is 6.92 Å². The van der Waals surface area contributed by atoms with Crippen molar-refractivity contribution in [2.24, 2.45) is 0 Å². The van der Waals surface area contributed by atoms with Crippen LogP contribution in [0.25, 0.3) is 5.65 Å². The van der Waals surface area contributed by atoms with Gasteiger partial charge in [0.2, 0.25) is 5.03 Å². The largest absolute Gasteiger partial charge is 0.371 e. The Labute approximate surface area is 125 Å². The van der Waals surface area contributed by atoms with Crippen molar-refractivity contribution in [1.29, 1.82) is 0 Å². The van der Waals surface area contributed by atoms with E-state index in [1.54, 1.807) is 36.8 Å². The topological polar surface area (TPSA) is 88.4 Å². The van der Waals surface area contributed by atoms with Gasteiger partial charge in [-0.1, -0.05) is 6.07 Å². The fourth-order valence-corrected chi connectivity index (χ4v) is 4.20. The smallest absolute Gasteiger partial charge is 0.283 e. The first kappa shape index (κ1) is 13.8. The molecule has 2 N–H and O–H groups in total. The number of sulfonamides is 1. The van der Waals surface area contributed by atoms with Crippen molar-refractivity contribution in [2.45, 2.75) is 11.9 Å². The molecule has 0 fully saturated rings. The zero-order valence-corrected chi connectivity index (χ0v) is 13.0. The van der Waals surface area contributed by atoms with E-state index >= 15 is 0 Å². The van der Waals surface area contributed by atoms with Gasteiger partial charge < -0.3 is 5.32 Å². The minimum atomic E-state index is -3.79. The number of anilines is 2. The highest BCUT2D eigenvalue weighted by molar-refractivity contribution is 7.93. The van der Waals surface area contributed by atoms with Crippen molar-refractivity contribution in [2.75, 3.05) is 17.1 Å². The summed E-state index contributed by atoms with van der Waals surface area (Å²) in [7, 11) is -2.16. The molecular formula is C12H13N5O2S2. The molecule has 0 spiro atoms. The maximum absolute atomic E-state index is 12.6. The van der Waals surface area contributed by atoms with E-state index in [2.05, 4.69) is 20.0 Å². The summed E-state index contributed by atoms with van der Waals surface area (Å²) >= 11 is 1.24. The summed E-state index contributed by atoms with van der Waals surface area (Å²) in [5.74, 6) is 0.293. The van der Waals surface area contributed by atoms with E-state index in [0.29, 0.717) is 16.6 Å². The lowest BCUT2D eigenvalue weighted by atomic mass is 10.5. The van der Waals surface area contributed by atoms with Crippen molar-refractivity contribution >= 4 is 38.0 Å². The van der Waals surface area contributed by atoms with Crippen LogP contribution < -0.4 is 10.0 Å². The predicted molar refractivity (Wildman–Crippen MR) is 82.4 cm³/mol. The maximum atomic E-state index is 12.6. The number of aromatic nitrogens is 3. The van der Waals surface area contributed by atoms with Gasteiger partial charge in [0.05, 0.1) is 5.69 Å². The average Bonchev–Trinajstić information content (AvgIpc) is 3.01. The van der Waals surface area contributed by atoms with Gasteiger partial charge in [0.15, 0.2) is 10.9 Å². The quantitative estimate of drug-likeness (QED) is 0.766.